The van der Waals surface area contributed by atoms with Crippen molar-refractivity contribution >= 4 is 22.9 Å². The van der Waals surface area contributed by atoms with Crippen LogP contribution in [-0.4, -0.2) is 46.6 Å². The summed E-state index contributed by atoms with van der Waals surface area (Å²) in [6, 6.07) is 5.86. The van der Waals surface area contributed by atoms with Crippen molar-refractivity contribution < 1.29 is 18.7 Å². The number of aryl methyl sites for hydroxylation is 1. The molecule has 1 spiro atoms. The van der Waals surface area contributed by atoms with E-state index in [9.17, 15) is 14.4 Å². The summed E-state index contributed by atoms with van der Waals surface area (Å²) in [5, 5.41) is 3.03. The van der Waals surface area contributed by atoms with Gasteiger partial charge in [0.1, 0.15) is 17.7 Å². The van der Waals surface area contributed by atoms with E-state index in [1.807, 2.05) is 26.8 Å². The molecule has 42 heavy (non-hydrogen) atoms. The maximum atomic E-state index is 15.6. The standard InChI is InChI=1S/C33H39FN4O4/c1-18(2)28(36-32(41)42-4)31(40)38-13-7-8-26(38)29-35-25-10-9-20(15-21(25)30(39)37-29)27-23-17-33(11-5-6-12-33)16-22(23)19(3)14-24(27)34/h9-10,14-15,18,26,28H,5-8,11-13,16-17H2,1-4H3,(H,36,41)(H,35,37,39)/t26-,28-/m0/s1. The largest absolute Gasteiger partial charge is 0.453 e. The minimum Gasteiger partial charge on any atom is -0.453 e. The molecule has 3 aliphatic rings. The van der Waals surface area contributed by atoms with Gasteiger partial charge in [-0.2, -0.15) is 0 Å². The van der Waals surface area contributed by atoms with Gasteiger partial charge in [-0.05, 0) is 97.2 Å². The highest BCUT2D eigenvalue weighted by Gasteiger charge is 2.42. The summed E-state index contributed by atoms with van der Waals surface area (Å²) in [5.41, 5.74) is 5.09. The molecule has 2 amide bonds. The van der Waals surface area contributed by atoms with Crippen LogP contribution >= 0.6 is 0 Å². The fourth-order valence-electron chi connectivity index (χ4n) is 7.59. The number of alkyl carbamates (subject to hydrolysis) is 1. The van der Waals surface area contributed by atoms with Crippen LogP contribution in [0.15, 0.2) is 29.1 Å². The van der Waals surface area contributed by atoms with Crippen molar-refractivity contribution in [3.63, 3.8) is 0 Å². The molecule has 2 N–H and O–H groups in total. The molecule has 3 aromatic rings. The third-order valence-electron chi connectivity index (χ3n) is 9.75. The molecule has 2 aromatic carbocycles. The van der Waals surface area contributed by atoms with Gasteiger partial charge >= 0.3 is 6.09 Å². The molecule has 1 saturated carbocycles. The van der Waals surface area contributed by atoms with Gasteiger partial charge in [0.15, 0.2) is 0 Å². The number of hydrogen-bond donors (Lipinski definition) is 2. The van der Waals surface area contributed by atoms with Gasteiger partial charge in [0, 0.05) is 12.1 Å². The minimum absolute atomic E-state index is 0.160. The number of rotatable bonds is 5. The highest BCUT2D eigenvalue weighted by molar-refractivity contribution is 5.87. The van der Waals surface area contributed by atoms with Crippen LogP contribution in [0.3, 0.4) is 0 Å². The zero-order chi connectivity index (χ0) is 29.8. The number of likely N-dealkylation sites (tertiary alicyclic amines) is 1. The minimum atomic E-state index is -0.762. The van der Waals surface area contributed by atoms with E-state index in [0.29, 0.717) is 40.8 Å². The summed E-state index contributed by atoms with van der Waals surface area (Å²) in [6.07, 6.45) is 7.44. The number of aromatic nitrogens is 2. The van der Waals surface area contributed by atoms with Crippen molar-refractivity contribution in [1.29, 1.82) is 0 Å². The number of aromatic amines is 1. The van der Waals surface area contributed by atoms with Crippen molar-refractivity contribution in [3.05, 3.63) is 63.0 Å². The molecule has 2 fully saturated rings. The Morgan fingerprint density at radius 2 is 1.88 bits per heavy atom. The lowest BCUT2D eigenvalue weighted by molar-refractivity contribution is -0.135. The lowest BCUT2D eigenvalue weighted by Gasteiger charge is -2.30. The average Bonchev–Trinajstić information content (AvgIpc) is 3.72. The summed E-state index contributed by atoms with van der Waals surface area (Å²) in [7, 11) is 1.26. The first-order valence-electron chi connectivity index (χ1n) is 15.1. The third-order valence-corrected chi connectivity index (χ3v) is 9.75. The van der Waals surface area contributed by atoms with Crippen LogP contribution in [0.25, 0.3) is 22.0 Å². The van der Waals surface area contributed by atoms with Gasteiger partial charge in [0.2, 0.25) is 5.91 Å². The summed E-state index contributed by atoms with van der Waals surface area (Å²) < 4.78 is 20.3. The molecule has 2 aliphatic carbocycles. The number of nitrogens with zero attached hydrogens (tertiary/aromatic N) is 2. The number of carbonyl (C=O) groups is 2. The molecule has 1 aliphatic heterocycles. The van der Waals surface area contributed by atoms with Crippen LogP contribution in [0, 0.1) is 24.1 Å². The number of H-pyrrole nitrogens is 1. The second-order valence-corrected chi connectivity index (χ2v) is 12.8. The maximum Gasteiger partial charge on any atom is 0.407 e. The quantitative estimate of drug-likeness (QED) is 0.404. The highest BCUT2D eigenvalue weighted by Crippen LogP contribution is 2.52. The molecular weight excluding hydrogens is 535 g/mol. The van der Waals surface area contributed by atoms with Gasteiger partial charge in [-0.15, -0.1) is 0 Å². The van der Waals surface area contributed by atoms with E-state index in [4.69, 9.17) is 9.72 Å². The zero-order valence-corrected chi connectivity index (χ0v) is 24.8. The Balaban J connectivity index is 1.34. The van der Waals surface area contributed by atoms with Crippen molar-refractivity contribution in [3.8, 4) is 11.1 Å². The molecule has 1 saturated heterocycles. The van der Waals surface area contributed by atoms with E-state index in [1.54, 1.807) is 23.1 Å². The molecule has 2 atom stereocenters. The number of benzene rings is 2. The van der Waals surface area contributed by atoms with E-state index in [1.165, 1.54) is 38.4 Å². The van der Waals surface area contributed by atoms with Crippen molar-refractivity contribution in [1.82, 2.24) is 20.2 Å². The van der Waals surface area contributed by atoms with Crippen LogP contribution in [0.4, 0.5) is 9.18 Å². The van der Waals surface area contributed by atoms with Crippen LogP contribution in [0.5, 0.6) is 0 Å². The number of nitrogens with one attached hydrogen (secondary N) is 2. The van der Waals surface area contributed by atoms with Crippen LogP contribution < -0.4 is 10.9 Å². The van der Waals surface area contributed by atoms with Gasteiger partial charge in [0.25, 0.3) is 5.56 Å². The first-order chi connectivity index (χ1) is 20.1. The van der Waals surface area contributed by atoms with Crippen LogP contribution in [-0.2, 0) is 22.4 Å². The molecule has 8 nitrogen and oxygen atoms in total. The molecule has 222 valence electrons. The predicted octanol–water partition coefficient (Wildman–Crippen LogP) is 5.74. The van der Waals surface area contributed by atoms with Gasteiger partial charge in [0.05, 0.1) is 24.1 Å². The monoisotopic (exact) mass is 574 g/mol. The summed E-state index contributed by atoms with van der Waals surface area (Å²) >= 11 is 0. The van der Waals surface area contributed by atoms with E-state index in [0.717, 1.165) is 30.4 Å². The Bertz CT molecular complexity index is 1620. The highest BCUT2D eigenvalue weighted by atomic mass is 19.1. The Morgan fingerprint density at radius 3 is 2.60 bits per heavy atom. The number of fused-ring (bicyclic) bond motifs is 2. The third kappa shape index (κ3) is 4.86. The second kappa shape index (κ2) is 10.8. The van der Waals surface area contributed by atoms with Crippen molar-refractivity contribution in [2.75, 3.05) is 13.7 Å². The molecule has 0 unspecified atom stereocenters. The number of ether oxygens (including phenoxy) is 1. The van der Waals surface area contributed by atoms with Crippen molar-refractivity contribution in [2.24, 2.45) is 11.3 Å². The Hall–Kier alpha value is -3.75. The van der Waals surface area contributed by atoms with E-state index < -0.39 is 18.2 Å². The number of methoxy groups -OCH3 is 1. The predicted molar refractivity (Wildman–Crippen MR) is 159 cm³/mol. The number of carbonyl (C=O) groups excluding carboxylic acids is 2. The van der Waals surface area contributed by atoms with Crippen molar-refractivity contribution in [2.45, 2.75) is 84.2 Å². The zero-order valence-electron chi connectivity index (χ0n) is 24.8. The van der Waals surface area contributed by atoms with Gasteiger partial charge in [-0.1, -0.05) is 32.8 Å². The number of amides is 2. The SMILES string of the molecule is COC(=O)N[C@H](C(=O)N1CCC[C@H]1c1nc2ccc(-c3c(F)cc(C)c4c3CC3(CCCC3)C4)cc2c(=O)[nH]1)C(C)C. The fraction of sp³-hybridized carbons (Fsp3) is 0.515. The second-order valence-electron chi connectivity index (χ2n) is 12.8. The van der Waals surface area contributed by atoms with E-state index >= 15 is 4.39 Å². The first-order valence-corrected chi connectivity index (χ1v) is 15.1. The Kier molecular flexibility index (Phi) is 7.31. The van der Waals surface area contributed by atoms with Gasteiger partial charge in [-0.25, -0.2) is 14.2 Å². The van der Waals surface area contributed by atoms with Crippen LogP contribution in [0.1, 0.15) is 80.9 Å². The molecule has 0 radical (unpaired) electrons. The molecule has 9 heteroatoms. The van der Waals surface area contributed by atoms with E-state index in [2.05, 4.69) is 10.3 Å². The Labute approximate surface area is 245 Å². The normalized spacial score (nSPS) is 20.0. The Morgan fingerprint density at radius 1 is 1.14 bits per heavy atom. The molecule has 2 heterocycles. The number of halogens is 1. The maximum absolute atomic E-state index is 15.6. The molecule has 0 bridgehead atoms. The van der Waals surface area contributed by atoms with E-state index in [-0.39, 0.29) is 28.6 Å². The van der Waals surface area contributed by atoms with Gasteiger partial charge in [-0.3, -0.25) is 9.59 Å². The summed E-state index contributed by atoms with van der Waals surface area (Å²) in [5.74, 6) is -0.230. The number of hydrogen-bond acceptors (Lipinski definition) is 5. The molecular formula is C33H39FN4O4. The molecule has 1 aromatic heterocycles. The topological polar surface area (TPSA) is 104 Å². The molecule has 6 rings (SSSR count). The van der Waals surface area contributed by atoms with Crippen LogP contribution in [0.2, 0.25) is 0 Å². The lowest BCUT2D eigenvalue weighted by atomic mass is 9.83. The smallest absolute Gasteiger partial charge is 0.407 e. The summed E-state index contributed by atoms with van der Waals surface area (Å²) in [6.45, 7) is 6.21. The summed E-state index contributed by atoms with van der Waals surface area (Å²) in [4.78, 5) is 48.3. The van der Waals surface area contributed by atoms with Gasteiger partial charge < -0.3 is 19.9 Å². The fourth-order valence-corrected chi connectivity index (χ4v) is 7.59. The lowest BCUT2D eigenvalue weighted by Crippen LogP contribution is -2.51. The average molecular weight is 575 g/mol. The first kappa shape index (κ1) is 28.4.